The third kappa shape index (κ3) is 3.39. The lowest BCUT2D eigenvalue weighted by Gasteiger charge is -2.36. The van der Waals surface area contributed by atoms with Gasteiger partial charge in [-0.1, -0.05) is 6.07 Å². The molecule has 0 spiro atoms. The number of rotatable bonds is 4. The van der Waals surface area contributed by atoms with Crippen LogP contribution < -0.4 is 5.73 Å². The van der Waals surface area contributed by atoms with Crippen molar-refractivity contribution in [3.63, 3.8) is 0 Å². The van der Waals surface area contributed by atoms with Crippen LogP contribution in [0.2, 0.25) is 0 Å². The number of nitrogens with zero attached hydrogens (tertiary/aromatic N) is 2. The molecule has 1 unspecified atom stereocenters. The molecule has 1 saturated heterocycles. The van der Waals surface area contributed by atoms with Crippen molar-refractivity contribution < 1.29 is 12.8 Å². The molecule has 0 aromatic heterocycles. The highest BCUT2D eigenvalue weighted by Gasteiger charge is 2.30. The Morgan fingerprint density at radius 1 is 1.33 bits per heavy atom. The molecule has 6 nitrogen and oxygen atoms in total. The molecule has 0 amide bonds. The van der Waals surface area contributed by atoms with E-state index in [1.54, 1.807) is 0 Å². The molecule has 1 aromatic rings. The number of amidine groups is 1. The number of sulfonamides is 1. The average molecular weight is 314 g/mol. The SMILES string of the molecule is CC(C(=N)N)N1CCN(S(=O)(=O)c2cccc(F)c2)CC1. The van der Waals surface area contributed by atoms with Crippen LogP contribution >= 0.6 is 0 Å². The second-order valence-electron chi connectivity index (χ2n) is 5.03. The number of benzene rings is 1. The van der Waals surface area contributed by atoms with Gasteiger partial charge in [0.1, 0.15) is 11.7 Å². The number of nitrogens with one attached hydrogen (secondary N) is 1. The standard InChI is InChI=1S/C13H19FN4O2S/c1-10(13(15)16)17-5-7-18(8-6-17)21(19,20)12-4-2-3-11(14)9-12/h2-4,9-10H,5-8H2,1H3,(H3,15,16). The summed E-state index contributed by atoms with van der Waals surface area (Å²) in [5.41, 5.74) is 5.46. The maximum Gasteiger partial charge on any atom is 0.243 e. The normalized spacial score (nSPS) is 19.3. The van der Waals surface area contributed by atoms with E-state index in [1.165, 1.54) is 22.5 Å². The molecule has 0 saturated carbocycles. The van der Waals surface area contributed by atoms with Gasteiger partial charge in [-0.25, -0.2) is 12.8 Å². The first-order chi connectivity index (χ1) is 9.82. The second-order valence-corrected chi connectivity index (χ2v) is 6.97. The van der Waals surface area contributed by atoms with Gasteiger partial charge in [0.25, 0.3) is 0 Å². The molecule has 0 bridgehead atoms. The van der Waals surface area contributed by atoms with Crippen molar-refractivity contribution in [2.45, 2.75) is 17.9 Å². The van der Waals surface area contributed by atoms with Crippen LogP contribution in [0.4, 0.5) is 4.39 Å². The lowest BCUT2D eigenvalue weighted by Crippen LogP contribution is -2.54. The zero-order valence-corrected chi connectivity index (χ0v) is 12.6. The van der Waals surface area contributed by atoms with E-state index >= 15 is 0 Å². The van der Waals surface area contributed by atoms with Crippen molar-refractivity contribution in [3.8, 4) is 0 Å². The van der Waals surface area contributed by atoms with Crippen LogP contribution in [-0.2, 0) is 10.0 Å². The second kappa shape index (κ2) is 6.08. The van der Waals surface area contributed by atoms with E-state index in [4.69, 9.17) is 11.1 Å². The summed E-state index contributed by atoms with van der Waals surface area (Å²) in [4.78, 5) is 1.93. The van der Waals surface area contributed by atoms with Crippen LogP contribution in [0.25, 0.3) is 0 Å². The predicted octanol–water partition coefficient (Wildman–Crippen LogP) is 0.456. The molecule has 1 fully saturated rings. The van der Waals surface area contributed by atoms with Crippen LogP contribution in [0.5, 0.6) is 0 Å². The fraction of sp³-hybridized carbons (Fsp3) is 0.462. The van der Waals surface area contributed by atoms with E-state index in [1.807, 2.05) is 11.8 Å². The summed E-state index contributed by atoms with van der Waals surface area (Å²) in [5, 5.41) is 7.43. The number of piperazine rings is 1. The van der Waals surface area contributed by atoms with Crippen molar-refractivity contribution >= 4 is 15.9 Å². The lowest BCUT2D eigenvalue weighted by molar-refractivity contribution is 0.173. The first kappa shape index (κ1) is 15.9. The summed E-state index contributed by atoms with van der Waals surface area (Å²) in [6, 6.07) is 4.81. The maximum absolute atomic E-state index is 13.2. The third-order valence-electron chi connectivity index (χ3n) is 3.70. The molecule has 1 aromatic carbocycles. The molecular formula is C13H19FN4O2S. The minimum absolute atomic E-state index is 0.0319. The van der Waals surface area contributed by atoms with Gasteiger partial charge in [-0.15, -0.1) is 0 Å². The first-order valence-electron chi connectivity index (χ1n) is 6.66. The van der Waals surface area contributed by atoms with E-state index < -0.39 is 15.8 Å². The van der Waals surface area contributed by atoms with Crippen LogP contribution in [0.15, 0.2) is 29.2 Å². The smallest absolute Gasteiger partial charge is 0.243 e. The quantitative estimate of drug-likeness (QED) is 0.624. The van der Waals surface area contributed by atoms with E-state index in [0.717, 1.165) is 6.07 Å². The zero-order valence-electron chi connectivity index (χ0n) is 11.8. The molecular weight excluding hydrogens is 295 g/mol. The molecule has 0 radical (unpaired) electrons. The maximum atomic E-state index is 13.2. The molecule has 21 heavy (non-hydrogen) atoms. The summed E-state index contributed by atoms with van der Waals surface area (Å²) in [6.07, 6.45) is 0. The summed E-state index contributed by atoms with van der Waals surface area (Å²) in [5.74, 6) is -0.503. The highest BCUT2D eigenvalue weighted by molar-refractivity contribution is 7.89. The van der Waals surface area contributed by atoms with Crippen molar-refractivity contribution in [2.75, 3.05) is 26.2 Å². The predicted molar refractivity (Wildman–Crippen MR) is 78.1 cm³/mol. The molecule has 1 atom stereocenters. The van der Waals surface area contributed by atoms with Gasteiger partial charge < -0.3 is 5.73 Å². The summed E-state index contributed by atoms with van der Waals surface area (Å²) >= 11 is 0. The van der Waals surface area contributed by atoms with E-state index in [9.17, 15) is 12.8 Å². The Hall–Kier alpha value is -1.51. The lowest BCUT2D eigenvalue weighted by atomic mass is 10.2. The summed E-state index contributed by atoms with van der Waals surface area (Å²) in [7, 11) is -3.67. The first-order valence-corrected chi connectivity index (χ1v) is 8.10. The topological polar surface area (TPSA) is 90.5 Å². The van der Waals surface area contributed by atoms with Gasteiger partial charge >= 0.3 is 0 Å². The third-order valence-corrected chi connectivity index (χ3v) is 5.60. The Morgan fingerprint density at radius 2 is 1.95 bits per heavy atom. The van der Waals surface area contributed by atoms with Crippen molar-refractivity contribution in [1.82, 2.24) is 9.21 Å². The van der Waals surface area contributed by atoms with Crippen molar-refractivity contribution in [3.05, 3.63) is 30.1 Å². The Bertz CT molecular complexity index is 627. The Balaban J connectivity index is 2.09. The van der Waals surface area contributed by atoms with Crippen LogP contribution in [0.3, 0.4) is 0 Å². The molecule has 8 heteroatoms. The number of halogens is 1. The summed E-state index contributed by atoms with van der Waals surface area (Å²) < 4.78 is 39.4. The van der Waals surface area contributed by atoms with E-state index in [0.29, 0.717) is 26.2 Å². The molecule has 1 heterocycles. The van der Waals surface area contributed by atoms with Gasteiger partial charge in [-0.05, 0) is 25.1 Å². The monoisotopic (exact) mass is 314 g/mol. The minimum Gasteiger partial charge on any atom is -0.386 e. The van der Waals surface area contributed by atoms with Crippen molar-refractivity contribution in [1.29, 1.82) is 5.41 Å². The van der Waals surface area contributed by atoms with Gasteiger partial charge in [-0.3, -0.25) is 10.3 Å². The number of hydrogen-bond acceptors (Lipinski definition) is 4. The zero-order chi connectivity index (χ0) is 15.6. The van der Waals surface area contributed by atoms with E-state index in [2.05, 4.69) is 0 Å². The molecule has 0 aliphatic carbocycles. The summed E-state index contributed by atoms with van der Waals surface area (Å²) in [6.45, 7) is 3.41. The van der Waals surface area contributed by atoms with E-state index in [-0.39, 0.29) is 16.8 Å². The fourth-order valence-corrected chi connectivity index (χ4v) is 3.76. The molecule has 1 aliphatic heterocycles. The highest BCUT2D eigenvalue weighted by atomic mass is 32.2. The van der Waals surface area contributed by atoms with Gasteiger partial charge in [0, 0.05) is 26.2 Å². The van der Waals surface area contributed by atoms with Gasteiger partial charge in [0.15, 0.2) is 0 Å². The van der Waals surface area contributed by atoms with Crippen LogP contribution in [-0.4, -0.2) is 55.7 Å². The minimum atomic E-state index is -3.67. The van der Waals surface area contributed by atoms with Gasteiger partial charge in [-0.2, -0.15) is 4.31 Å². The number of hydrogen-bond donors (Lipinski definition) is 2. The largest absolute Gasteiger partial charge is 0.386 e. The fourth-order valence-electron chi connectivity index (χ4n) is 2.30. The average Bonchev–Trinajstić information content (AvgIpc) is 2.46. The Morgan fingerprint density at radius 3 is 2.48 bits per heavy atom. The Kier molecular flexibility index (Phi) is 4.60. The number of nitrogens with two attached hydrogens (primary N) is 1. The van der Waals surface area contributed by atoms with Crippen LogP contribution in [0.1, 0.15) is 6.92 Å². The van der Waals surface area contributed by atoms with Gasteiger partial charge in [0.2, 0.25) is 10.0 Å². The Labute approximate surface area is 123 Å². The van der Waals surface area contributed by atoms with Crippen molar-refractivity contribution in [2.24, 2.45) is 5.73 Å². The van der Waals surface area contributed by atoms with Gasteiger partial charge in [0.05, 0.1) is 10.9 Å². The van der Waals surface area contributed by atoms with Crippen LogP contribution in [0, 0.1) is 11.2 Å². The molecule has 2 rings (SSSR count). The molecule has 116 valence electrons. The molecule has 3 N–H and O–H groups in total. The molecule has 1 aliphatic rings. The highest BCUT2D eigenvalue weighted by Crippen LogP contribution is 2.19.